The Labute approximate surface area is 185 Å². The van der Waals surface area contributed by atoms with E-state index in [-0.39, 0.29) is 17.5 Å². The number of imidazole rings is 1. The number of thioether (sulfide) groups is 1. The summed E-state index contributed by atoms with van der Waals surface area (Å²) in [7, 11) is 0. The maximum absolute atomic E-state index is 13.3. The lowest BCUT2D eigenvalue weighted by Crippen LogP contribution is -2.15. The summed E-state index contributed by atoms with van der Waals surface area (Å²) in [5.74, 6) is 0.521. The molecule has 0 aliphatic rings. The summed E-state index contributed by atoms with van der Waals surface area (Å²) in [6.45, 7) is 0.452. The lowest BCUT2D eigenvalue weighted by Gasteiger charge is -2.11. The standard InChI is InChI=1S/C22H17BrFN3O2S/c23-18-5-1-2-6-19(18)26-21(28)14-30-22-25-12-20(15-7-9-16(24)10-8-15)27(22)13-17-4-3-11-29-17/h1-12H,13-14H2,(H,26,28). The van der Waals surface area contributed by atoms with E-state index in [2.05, 4.69) is 26.2 Å². The molecule has 0 saturated carbocycles. The van der Waals surface area contributed by atoms with Gasteiger partial charge in [-0.2, -0.15) is 0 Å². The van der Waals surface area contributed by atoms with Crippen LogP contribution >= 0.6 is 27.7 Å². The minimum Gasteiger partial charge on any atom is -0.467 e. The van der Waals surface area contributed by atoms with Crippen LogP contribution < -0.4 is 5.32 Å². The summed E-state index contributed by atoms with van der Waals surface area (Å²) in [6, 6.07) is 17.4. The molecule has 0 aliphatic carbocycles. The summed E-state index contributed by atoms with van der Waals surface area (Å²) in [5.41, 5.74) is 2.37. The van der Waals surface area contributed by atoms with Crippen LogP contribution in [0.2, 0.25) is 0 Å². The smallest absolute Gasteiger partial charge is 0.234 e. The van der Waals surface area contributed by atoms with Crippen LogP contribution in [0.15, 0.2) is 87.2 Å². The highest BCUT2D eigenvalue weighted by Gasteiger charge is 2.16. The number of carbonyl (C=O) groups excluding carboxylic acids is 1. The van der Waals surface area contributed by atoms with E-state index >= 15 is 0 Å². The van der Waals surface area contributed by atoms with Gasteiger partial charge in [-0.05, 0) is 70.0 Å². The van der Waals surface area contributed by atoms with Gasteiger partial charge in [0.15, 0.2) is 5.16 Å². The van der Waals surface area contributed by atoms with Crippen LogP contribution in [0.5, 0.6) is 0 Å². The van der Waals surface area contributed by atoms with Crippen molar-refractivity contribution in [1.82, 2.24) is 9.55 Å². The number of carbonyl (C=O) groups is 1. The molecule has 0 saturated heterocycles. The first-order valence-corrected chi connectivity index (χ1v) is 10.9. The van der Waals surface area contributed by atoms with Crippen molar-refractivity contribution < 1.29 is 13.6 Å². The number of benzene rings is 2. The van der Waals surface area contributed by atoms with Crippen molar-refractivity contribution in [3.8, 4) is 11.3 Å². The molecule has 5 nitrogen and oxygen atoms in total. The summed E-state index contributed by atoms with van der Waals surface area (Å²) in [4.78, 5) is 16.9. The molecular weight excluding hydrogens is 469 g/mol. The van der Waals surface area contributed by atoms with Crippen molar-refractivity contribution in [1.29, 1.82) is 0 Å². The first-order valence-electron chi connectivity index (χ1n) is 9.11. The molecule has 4 rings (SSSR count). The molecule has 0 aliphatic heterocycles. The maximum Gasteiger partial charge on any atom is 0.234 e. The molecule has 2 aromatic heterocycles. The largest absolute Gasteiger partial charge is 0.467 e. The van der Waals surface area contributed by atoms with E-state index in [9.17, 15) is 9.18 Å². The zero-order valence-corrected chi connectivity index (χ0v) is 18.1. The number of halogens is 2. The highest BCUT2D eigenvalue weighted by Crippen LogP contribution is 2.28. The van der Waals surface area contributed by atoms with E-state index in [0.717, 1.165) is 21.5 Å². The molecule has 0 atom stereocenters. The summed E-state index contributed by atoms with van der Waals surface area (Å²) >= 11 is 4.75. The van der Waals surface area contributed by atoms with Crippen LogP contribution in [0, 0.1) is 5.82 Å². The van der Waals surface area contributed by atoms with E-state index in [1.807, 2.05) is 41.0 Å². The Morgan fingerprint density at radius 3 is 2.67 bits per heavy atom. The van der Waals surface area contributed by atoms with Crippen molar-refractivity contribution in [3.05, 3.63) is 89.2 Å². The number of rotatable bonds is 7. The van der Waals surface area contributed by atoms with Gasteiger partial charge in [-0.3, -0.25) is 4.79 Å². The van der Waals surface area contributed by atoms with Crippen LogP contribution in [-0.2, 0) is 11.3 Å². The molecule has 0 radical (unpaired) electrons. The predicted molar refractivity (Wildman–Crippen MR) is 119 cm³/mol. The van der Waals surface area contributed by atoms with Crippen LogP contribution in [0.3, 0.4) is 0 Å². The topological polar surface area (TPSA) is 60.1 Å². The van der Waals surface area contributed by atoms with E-state index in [1.54, 1.807) is 24.6 Å². The number of hydrogen-bond acceptors (Lipinski definition) is 4. The Hall–Kier alpha value is -2.84. The Morgan fingerprint density at radius 1 is 1.13 bits per heavy atom. The van der Waals surface area contributed by atoms with Gasteiger partial charge in [0, 0.05) is 4.47 Å². The third-order valence-corrected chi connectivity index (χ3v) is 6.02. The summed E-state index contributed by atoms with van der Waals surface area (Å²) in [6.07, 6.45) is 3.34. The normalized spacial score (nSPS) is 10.9. The number of aromatic nitrogens is 2. The minimum absolute atomic E-state index is 0.136. The van der Waals surface area contributed by atoms with Gasteiger partial charge in [-0.25, -0.2) is 9.37 Å². The van der Waals surface area contributed by atoms with E-state index < -0.39 is 0 Å². The number of anilines is 1. The molecule has 2 aromatic carbocycles. The predicted octanol–water partition coefficient (Wildman–Crippen LogP) is 5.82. The monoisotopic (exact) mass is 485 g/mol. The molecule has 1 amide bonds. The number of nitrogens with one attached hydrogen (secondary N) is 1. The maximum atomic E-state index is 13.3. The Morgan fingerprint density at radius 2 is 1.93 bits per heavy atom. The number of amides is 1. The lowest BCUT2D eigenvalue weighted by atomic mass is 10.1. The van der Waals surface area contributed by atoms with Crippen molar-refractivity contribution >= 4 is 39.3 Å². The Bertz CT molecular complexity index is 1140. The highest BCUT2D eigenvalue weighted by molar-refractivity contribution is 9.10. The SMILES string of the molecule is O=C(CSc1ncc(-c2ccc(F)cc2)n1Cc1ccco1)Nc1ccccc1Br. The summed E-state index contributed by atoms with van der Waals surface area (Å²) in [5, 5.41) is 3.56. The number of para-hydroxylation sites is 1. The van der Waals surface area contributed by atoms with Gasteiger partial charge in [-0.15, -0.1) is 0 Å². The zero-order valence-electron chi connectivity index (χ0n) is 15.7. The van der Waals surface area contributed by atoms with Gasteiger partial charge in [0.05, 0.1) is 36.1 Å². The van der Waals surface area contributed by atoms with Gasteiger partial charge in [0.25, 0.3) is 0 Å². The van der Waals surface area contributed by atoms with Gasteiger partial charge < -0.3 is 14.3 Å². The molecule has 0 unspecified atom stereocenters. The van der Waals surface area contributed by atoms with Gasteiger partial charge in [0.2, 0.25) is 5.91 Å². The van der Waals surface area contributed by atoms with Crippen molar-refractivity contribution in [2.75, 3.05) is 11.1 Å². The molecule has 8 heteroatoms. The molecule has 152 valence electrons. The molecule has 1 N–H and O–H groups in total. The van der Waals surface area contributed by atoms with Crippen LogP contribution in [0.4, 0.5) is 10.1 Å². The van der Waals surface area contributed by atoms with Gasteiger partial charge in [0.1, 0.15) is 11.6 Å². The fourth-order valence-corrected chi connectivity index (χ4v) is 4.08. The molecule has 0 bridgehead atoms. The van der Waals surface area contributed by atoms with E-state index in [4.69, 9.17) is 4.42 Å². The fraction of sp³-hybridized carbons (Fsp3) is 0.0909. The average Bonchev–Trinajstić information content (AvgIpc) is 3.39. The first kappa shape index (κ1) is 20.4. The Balaban J connectivity index is 1.54. The molecular formula is C22H17BrFN3O2S. The second kappa shape index (κ2) is 9.32. The number of nitrogens with zero attached hydrogens (tertiary/aromatic N) is 2. The van der Waals surface area contributed by atoms with E-state index in [1.165, 1.54) is 23.9 Å². The minimum atomic E-state index is -0.297. The molecule has 0 spiro atoms. The lowest BCUT2D eigenvalue weighted by molar-refractivity contribution is -0.113. The molecule has 0 fully saturated rings. The zero-order chi connectivity index (χ0) is 20.9. The molecule has 30 heavy (non-hydrogen) atoms. The van der Waals surface area contributed by atoms with Crippen molar-refractivity contribution in [2.45, 2.75) is 11.7 Å². The molecule has 2 heterocycles. The second-order valence-corrected chi connectivity index (χ2v) is 8.21. The third kappa shape index (κ3) is 4.83. The number of hydrogen-bond donors (Lipinski definition) is 1. The average molecular weight is 486 g/mol. The van der Waals surface area contributed by atoms with Crippen molar-refractivity contribution in [3.63, 3.8) is 0 Å². The quantitative estimate of drug-likeness (QED) is 0.335. The molecule has 4 aromatic rings. The van der Waals surface area contributed by atoms with E-state index in [0.29, 0.717) is 17.4 Å². The van der Waals surface area contributed by atoms with Gasteiger partial charge in [-0.1, -0.05) is 23.9 Å². The van der Waals surface area contributed by atoms with Crippen molar-refractivity contribution in [2.24, 2.45) is 0 Å². The Kier molecular flexibility index (Phi) is 6.35. The first-order chi connectivity index (χ1) is 14.6. The second-order valence-electron chi connectivity index (χ2n) is 6.42. The van der Waals surface area contributed by atoms with Crippen LogP contribution in [0.1, 0.15) is 5.76 Å². The third-order valence-electron chi connectivity index (χ3n) is 4.33. The summed E-state index contributed by atoms with van der Waals surface area (Å²) < 4.78 is 21.6. The number of furan rings is 1. The highest BCUT2D eigenvalue weighted by atomic mass is 79.9. The van der Waals surface area contributed by atoms with Crippen LogP contribution in [-0.4, -0.2) is 21.2 Å². The fourth-order valence-electron chi connectivity index (χ4n) is 2.92. The van der Waals surface area contributed by atoms with Gasteiger partial charge >= 0.3 is 0 Å². The van der Waals surface area contributed by atoms with Crippen LogP contribution in [0.25, 0.3) is 11.3 Å².